The molecule has 0 saturated heterocycles. The van der Waals surface area contributed by atoms with Gasteiger partial charge in [-0.1, -0.05) is 20.8 Å². The summed E-state index contributed by atoms with van der Waals surface area (Å²) in [5.41, 5.74) is 0. The third-order valence-corrected chi connectivity index (χ3v) is 1.57. The lowest BCUT2D eigenvalue weighted by atomic mass is 10.1. The molecule has 12 heavy (non-hydrogen) atoms. The number of hydrogen-bond donors (Lipinski definition) is 0. The van der Waals surface area contributed by atoms with Crippen LogP contribution in [-0.2, 0) is 9.53 Å². The van der Waals surface area contributed by atoms with E-state index < -0.39 is 0 Å². The summed E-state index contributed by atoms with van der Waals surface area (Å²) in [6.07, 6.45) is 0.724. The molecule has 0 fully saturated rings. The first-order chi connectivity index (χ1) is 5.61. The number of rotatable bonds is 4. The molecule has 0 unspecified atom stereocenters. The van der Waals surface area contributed by atoms with Crippen LogP contribution in [0.1, 0.15) is 27.2 Å². The molecule has 0 aromatic rings. The van der Waals surface area contributed by atoms with Gasteiger partial charge in [-0.3, -0.25) is 4.79 Å². The van der Waals surface area contributed by atoms with Gasteiger partial charge in [0.05, 0.1) is 17.9 Å². The zero-order valence-corrected chi connectivity index (χ0v) is 7.83. The Balaban J connectivity index is 3.68. The van der Waals surface area contributed by atoms with Crippen molar-refractivity contribution in [1.29, 1.82) is 5.26 Å². The molecule has 0 saturated carbocycles. The molecule has 1 atom stereocenters. The molecule has 0 spiro atoms. The zero-order chi connectivity index (χ0) is 9.56. The highest BCUT2D eigenvalue weighted by Gasteiger charge is 2.11. The summed E-state index contributed by atoms with van der Waals surface area (Å²) in [4.78, 5) is 10.9. The lowest BCUT2D eigenvalue weighted by Crippen LogP contribution is -2.16. The van der Waals surface area contributed by atoms with Crippen LogP contribution in [0.3, 0.4) is 0 Å². The fraction of sp³-hybridized carbons (Fsp3) is 0.778. The van der Waals surface area contributed by atoms with Crippen molar-refractivity contribution in [3.63, 3.8) is 0 Å². The SMILES string of the molecule is CC[C@H](C#N)COC(=O)C(C)C. The second-order valence-corrected chi connectivity index (χ2v) is 3.02. The van der Waals surface area contributed by atoms with E-state index in [-0.39, 0.29) is 24.4 Å². The number of carbonyl (C=O) groups excluding carboxylic acids is 1. The molecular weight excluding hydrogens is 154 g/mol. The highest BCUT2D eigenvalue weighted by atomic mass is 16.5. The van der Waals surface area contributed by atoms with Crippen molar-refractivity contribution in [3.8, 4) is 6.07 Å². The molecule has 0 aromatic heterocycles. The van der Waals surface area contributed by atoms with Gasteiger partial charge in [-0.05, 0) is 6.42 Å². The molecule has 0 aromatic carbocycles. The Kier molecular flexibility index (Phi) is 5.11. The van der Waals surface area contributed by atoms with Crippen LogP contribution in [0.2, 0.25) is 0 Å². The van der Waals surface area contributed by atoms with Crippen molar-refractivity contribution in [1.82, 2.24) is 0 Å². The molecule has 0 aliphatic rings. The molecule has 0 radical (unpaired) electrons. The van der Waals surface area contributed by atoms with Crippen LogP contribution < -0.4 is 0 Å². The molecule has 0 aliphatic carbocycles. The Labute approximate surface area is 73.3 Å². The van der Waals surface area contributed by atoms with Crippen LogP contribution in [-0.4, -0.2) is 12.6 Å². The van der Waals surface area contributed by atoms with Crippen molar-refractivity contribution in [2.45, 2.75) is 27.2 Å². The molecule has 0 N–H and O–H groups in total. The summed E-state index contributed by atoms with van der Waals surface area (Å²) in [7, 11) is 0. The minimum atomic E-state index is -0.233. The van der Waals surface area contributed by atoms with E-state index in [1.807, 2.05) is 6.92 Å². The minimum Gasteiger partial charge on any atom is -0.464 e. The van der Waals surface area contributed by atoms with E-state index in [1.165, 1.54) is 0 Å². The Morgan fingerprint density at radius 3 is 2.50 bits per heavy atom. The molecule has 0 aliphatic heterocycles. The van der Waals surface area contributed by atoms with Gasteiger partial charge < -0.3 is 4.74 Å². The van der Waals surface area contributed by atoms with Gasteiger partial charge in [0, 0.05) is 0 Å². The average molecular weight is 169 g/mol. The number of ether oxygens (including phenoxy) is 1. The van der Waals surface area contributed by atoms with Crippen LogP contribution >= 0.6 is 0 Å². The fourth-order valence-electron chi connectivity index (χ4n) is 0.596. The summed E-state index contributed by atoms with van der Waals surface area (Å²) in [5, 5.41) is 8.54. The second-order valence-electron chi connectivity index (χ2n) is 3.02. The van der Waals surface area contributed by atoms with E-state index in [1.54, 1.807) is 13.8 Å². The van der Waals surface area contributed by atoms with Crippen molar-refractivity contribution in [2.24, 2.45) is 11.8 Å². The van der Waals surface area contributed by atoms with E-state index in [0.29, 0.717) is 0 Å². The highest BCUT2D eigenvalue weighted by Crippen LogP contribution is 2.03. The van der Waals surface area contributed by atoms with Crippen molar-refractivity contribution < 1.29 is 9.53 Å². The molecule has 68 valence electrons. The number of carbonyl (C=O) groups is 1. The van der Waals surface area contributed by atoms with Crippen molar-refractivity contribution in [3.05, 3.63) is 0 Å². The van der Waals surface area contributed by atoms with E-state index in [0.717, 1.165) is 6.42 Å². The van der Waals surface area contributed by atoms with E-state index >= 15 is 0 Å². The monoisotopic (exact) mass is 169 g/mol. The van der Waals surface area contributed by atoms with Gasteiger partial charge in [-0.25, -0.2) is 0 Å². The van der Waals surface area contributed by atoms with Gasteiger partial charge in [0.1, 0.15) is 6.61 Å². The van der Waals surface area contributed by atoms with Gasteiger partial charge in [0.25, 0.3) is 0 Å². The number of nitrogens with zero attached hydrogens (tertiary/aromatic N) is 1. The topological polar surface area (TPSA) is 50.1 Å². The summed E-state index contributed by atoms with van der Waals surface area (Å²) >= 11 is 0. The third-order valence-electron chi connectivity index (χ3n) is 1.57. The zero-order valence-electron chi connectivity index (χ0n) is 7.83. The van der Waals surface area contributed by atoms with Crippen molar-refractivity contribution >= 4 is 5.97 Å². The Morgan fingerprint density at radius 1 is 1.58 bits per heavy atom. The van der Waals surface area contributed by atoms with E-state index in [9.17, 15) is 4.79 Å². The van der Waals surface area contributed by atoms with Crippen LogP contribution in [0.15, 0.2) is 0 Å². The first-order valence-corrected chi connectivity index (χ1v) is 4.18. The van der Waals surface area contributed by atoms with Crippen LogP contribution in [0.5, 0.6) is 0 Å². The van der Waals surface area contributed by atoms with Gasteiger partial charge in [0.2, 0.25) is 0 Å². The molecule has 0 bridgehead atoms. The number of nitriles is 1. The third kappa shape index (κ3) is 3.97. The fourth-order valence-corrected chi connectivity index (χ4v) is 0.596. The van der Waals surface area contributed by atoms with Gasteiger partial charge in [0.15, 0.2) is 0 Å². The van der Waals surface area contributed by atoms with Crippen LogP contribution in [0, 0.1) is 23.2 Å². The lowest BCUT2D eigenvalue weighted by Gasteiger charge is -2.09. The normalized spacial score (nSPS) is 12.2. The van der Waals surface area contributed by atoms with E-state index in [4.69, 9.17) is 10.00 Å². The first kappa shape index (κ1) is 11.0. The Bertz CT molecular complexity index is 181. The Morgan fingerprint density at radius 2 is 2.17 bits per heavy atom. The summed E-state index contributed by atoms with van der Waals surface area (Å²) in [5.74, 6) is -0.502. The number of esters is 1. The van der Waals surface area contributed by atoms with Crippen molar-refractivity contribution in [2.75, 3.05) is 6.61 Å². The lowest BCUT2D eigenvalue weighted by molar-refractivity contribution is -0.148. The molecule has 0 heterocycles. The van der Waals surface area contributed by atoms with Gasteiger partial charge in [-0.15, -0.1) is 0 Å². The maximum absolute atomic E-state index is 10.9. The smallest absolute Gasteiger partial charge is 0.308 e. The van der Waals surface area contributed by atoms with Gasteiger partial charge in [-0.2, -0.15) is 5.26 Å². The summed E-state index contributed by atoms with van der Waals surface area (Å²) in [6.45, 7) is 5.67. The number of hydrogen-bond acceptors (Lipinski definition) is 3. The largest absolute Gasteiger partial charge is 0.464 e. The van der Waals surface area contributed by atoms with E-state index in [2.05, 4.69) is 6.07 Å². The van der Waals surface area contributed by atoms with Gasteiger partial charge >= 0.3 is 5.97 Å². The molecule has 3 nitrogen and oxygen atoms in total. The average Bonchev–Trinajstić information content (AvgIpc) is 2.05. The maximum Gasteiger partial charge on any atom is 0.308 e. The highest BCUT2D eigenvalue weighted by molar-refractivity contribution is 5.71. The maximum atomic E-state index is 10.9. The van der Waals surface area contributed by atoms with Crippen LogP contribution in [0.4, 0.5) is 0 Å². The Hall–Kier alpha value is -1.04. The summed E-state index contributed by atoms with van der Waals surface area (Å²) < 4.78 is 4.89. The molecule has 0 amide bonds. The summed E-state index contributed by atoms with van der Waals surface area (Å²) in [6, 6.07) is 2.07. The van der Waals surface area contributed by atoms with Crippen LogP contribution in [0.25, 0.3) is 0 Å². The molecular formula is C9H15NO2. The standard InChI is InChI=1S/C9H15NO2/c1-4-8(5-10)6-12-9(11)7(2)3/h7-8H,4,6H2,1-3H3/t8-/m1/s1. The second kappa shape index (κ2) is 5.59. The predicted octanol–water partition coefficient (Wildman–Crippen LogP) is 1.74. The first-order valence-electron chi connectivity index (χ1n) is 4.18. The predicted molar refractivity (Wildman–Crippen MR) is 45.2 cm³/mol. The quantitative estimate of drug-likeness (QED) is 0.602. The minimum absolute atomic E-state index is 0.110. The molecule has 0 rings (SSSR count). The molecule has 3 heteroatoms.